The number of fused-ring (bicyclic) bond motifs is 1. The van der Waals surface area contributed by atoms with E-state index in [-0.39, 0.29) is 17.3 Å². The molecule has 0 bridgehead atoms. The number of H-pyrrole nitrogens is 1. The molecule has 29 heavy (non-hydrogen) atoms. The zero-order chi connectivity index (χ0) is 20.5. The van der Waals surface area contributed by atoms with Crippen molar-refractivity contribution in [2.24, 2.45) is 0 Å². The summed E-state index contributed by atoms with van der Waals surface area (Å²) in [6, 6.07) is 12.6. The molecule has 3 aromatic rings. The lowest BCUT2D eigenvalue weighted by Crippen LogP contribution is -2.63. The first-order chi connectivity index (χ1) is 13.9. The Kier molecular flexibility index (Phi) is 5.12. The Morgan fingerprint density at radius 3 is 2.69 bits per heavy atom. The number of nitrogens with one attached hydrogen (secondary N) is 2. The number of aromatic amines is 1. The molecule has 4 rings (SSSR count). The quantitative estimate of drug-likeness (QED) is 0.203. The van der Waals surface area contributed by atoms with E-state index in [1.807, 2.05) is 24.3 Å². The SMILES string of the molecule is O=C(CSc1nc2ccccc2[nH]1)NN1C(=O)C(Cl)C1c1ccc([N+](=O)[O-])cc1. The van der Waals surface area contributed by atoms with Gasteiger partial charge < -0.3 is 4.98 Å². The smallest absolute Gasteiger partial charge is 0.269 e. The molecule has 9 nitrogen and oxygen atoms in total. The van der Waals surface area contributed by atoms with Crippen LogP contribution in [0.25, 0.3) is 11.0 Å². The highest BCUT2D eigenvalue weighted by atomic mass is 35.5. The van der Waals surface area contributed by atoms with Crippen LogP contribution in [0.15, 0.2) is 53.7 Å². The summed E-state index contributed by atoms with van der Waals surface area (Å²) in [4.78, 5) is 42.2. The summed E-state index contributed by atoms with van der Waals surface area (Å²) in [7, 11) is 0. The molecule has 2 atom stereocenters. The fraction of sp³-hybridized carbons (Fsp3) is 0.167. The van der Waals surface area contributed by atoms with E-state index in [1.165, 1.54) is 36.0 Å². The van der Waals surface area contributed by atoms with E-state index in [2.05, 4.69) is 15.4 Å². The van der Waals surface area contributed by atoms with Crippen LogP contribution >= 0.6 is 23.4 Å². The summed E-state index contributed by atoms with van der Waals surface area (Å²) < 4.78 is 0. The minimum absolute atomic E-state index is 0.0452. The number of nitro groups is 1. The van der Waals surface area contributed by atoms with Crippen LogP contribution in [0.2, 0.25) is 0 Å². The predicted molar refractivity (Wildman–Crippen MR) is 107 cm³/mol. The van der Waals surface area contributed by atoms with E-state index in [1.54, 1.807) is 0 Å². The van der Waals surface area contributed by atoms with Crippen LogP contribution in [0.1, 0.15) is 11.6 Å². The Hall–Kier alpha value is -3.11. The van der Waals surface area contributed by atoms with Crippen LogP contribution in [0.3, 0.4) is 0 Å². The van der Waals surface area contributed by atoms with Gasteiger partial charge in [-0.15, -0.1) is 11.6 Å². The monoisotopic (exact) mass is 431 g/mol. The van der Waals surface area contributed by atoms with Gasteiger partial charge in [0.15, 0.2) is 5.16 Å². The first kappa shape index (κ1) is 19.2. The highest BCUT2D eigenvalue weighted by molar-refractivity contribution is 7.99. The number of hydrazine groups is 1. The number of thioether (sulfide) groups is 1. The standard InChI is InChI=1S/C18H14ClN5O4S/c19-15-16(10-5-7-11(8-6-10)24(27)28)23(17(15)26)22-14(25)9-29-18-20-12-3-1-2-4-13(12)21-18/h1-8,15-16H,9H2,(H,20,21)(H,22,25). The fourth-order valence-corrected chi connectivity index (χ4v) is 4.03. The second-order valence-corrected chi connectivity index (χ2v) is 7.72. The number of nitrogens with zero attached hydrogens (tertiary/aromatic N) is 3. The van der Waals surface area contributed by atoms with Crippen molar-refractivity contribution >= 4 is 51.9 Å². The maximum absolute atomic E-state index is 12.3. The first-order valence-electron chi connectivity index (χ1n) is 8.52. The van der Waals surface area contributed by atoms with Gasteiger partial charge in [0.05, 0.1) is 21.7 Å². The Balaban J connectivity index is 1.39. The lowest BCUT2D eigenvalue weighted by molar-refractivity contribution is -0.384. The third kappa shape index (κ3) is 3.76. The van der Waals surface area contributed by atoms with Gasteiger partial charge in [0.2, 0.25) is 5.91 Å². The number of benzene rings is 2. The van der Waals surface area contributed by atoms with Gasteiger partial charge >= 0.3 is 0 Å². The van der Waals surface area contributed by atoms with Crippen LogP contribution in [0.4, 0.5) is 5.69 Å². The third-order valence-corrected chi connectivity index (χ3v) is 5.73. The molecule has 11 heteroatoms. The van der Waals surface area contributed by atoms with Crippen molar-refractivity contribution in [2.75, 3.05) is 5.75 Å². The molecule has 1 aromatic heterocycles. The van der Waals surface area contributed by atoms with Crippen molar-refractivity contribution in [1.82, 2.24) is 20.4 Å². The summed E-state index contributed by atoms with van der Waals surface area (Å²) in [5.41, 5.74) is 4.76. The van der Waals surface area contributed by atoms with E-state index < -0.39 is 22.2 Å². The van der Waals surface area contributed by atoms with Gasteiger partial charge in [0.1, 0.15) is 11.4 Å². The number of aromatic nitrogens is 2. The highest BCUT2D eigenvalue weighted by Crippen LogP contribution is 2.37. The fourth-order valence-electron chi connectivity index (χ4n) is 2.99. The van der Waals surface area contributed by atoms with Crippen LogP contribution in [-0.2, 0) is 9.59 Å². The van der Waals surface area contributed by atoms with Crippen molar-refractivity contribution in [3.63, 3.8) is 0 Å². The summed E-state index contributed by atoms with van der Waals surface area (Å²) in [5, 5.41) is 11.7. The average Bonchev–Trinajstić information content (AvgIpc) is 3.15. The van der Waals surface area contributed by atoms with E-state index in [9.17, 15) is 19.7 Å². The second-order valence-electron chi connectivity index (χ2n) is 6.29. The van der Waals surface area contributed by atoms with Gasteiger partial charge in [-0.05, 0) is 29.8 Å². The number of halogens is 1. The van der Waals surface area contributed by atoms with Crippen molar-refractivity contribution in [2.45, 2.75) is 16.6 Å². The minimum Gasteiger partial charge on any atom is -0.333 e. The number of amides is 2. The van der Waals surface area contributed by atoms with Crippen molar-refractivity contribution in [3.8, 4) is 0 Å². The van der Waals surface area contributed by atoms with Crippen molar-refractivity contribution < 1.29 is 14.5 Å². The number of hydrogen-bond donors (Lipinski definition) is 2. The third-order valence-electron chi connectivity index (χ3n) is 4.43. The summed E-state index contributed by atoms with van der Waals surface area (Å²) in [6.45, 7) is 0. The molecule has 0 saturated carbocycles. The maximum atomic E-state index is 12.3. The number of imidazole rings is 1. The van der Waals surface area contributed by atoms with E-state index in [4.69, 9.17) is 11.6 Å². The lowest BCUT2D eigenvalue weighted by Gasteiger charge is -2.43. The Bertz CT molecular complexity index is 1070. The molecule has 0 spiro atoms. The number of carbonyl (C=O) groups is 2. The zero-order valence-electron chi connectivity index (χ0n) is 14.7. The molecule has 2 N–H and O–H groups in total. The first-order valence-corrected chi connectivity index (χ1v) is 9.95. The van der Waals surface area contributed by atoms with Crippen LogP contribution in [-0.4, -0.2) is 42.8 Å². The molecule has 1 aliphatic rings. The second kappa shape index (κ2) is 7.72. The normalized spacial score (nSPS) is 18.5. The summed E-state index contributed by atoms with van der Waals surface area (Å²) >= 11 is 7.31. The van der Waals surface area contributed by atoms with Crippen molar-refractivity contribution in [1.29, 1.82) is 0 Å². The van der Waals surface area contributed by atoms with Gasteiger partial charge in [-0.25, -0.2) is 9.99 Å². The summed E-state index contributed by atoms with van der Waals surface area (Å²) in [5.74, 6) is -0.778. The summed E-state index contributed by atoms with van der Waals surface area (Å²) in [6.07, 6.45) is 0. The largest absolute Gasteiger partial charge is 0.333 e. The topological polar surface area (TPSA) is 121 Å². The highest BCUT2D eigenvalue weighted by Gasteiger charge is 2.48. The molecule has 0 aliphatic carbocycles. The molecular formula is C18H14ClN5O4S. The molecule has 148 valence electrons. The molecule has 1 aliphatic heterocycles. The molecule has 0 radical (unpaired) electrons. The number of nitro benzene ring substituents is 1. The number of alkyl halides is 1. The molecule has 1 fully saturated rings. The van der Waals surface area contributed by atoms with Gasteiger partial charge in [-0.1, -0.05) is 23.9 Å². The Labute approximate surface area is 173 Å². The number of para-hydroxylation sites is 2. The van der Waals surface area contributed by atoms with Crippen molar-refractivity contribution in [3.05, 3.63) is 64.2 Å². The zero-order valence-corrected chi connectivity index (χ0v) is 16.3. The predicted octanol–water partition coefficient (Wildman–Crippen LogP) is 2.79. The number of hydrogen-bond acceptors (Lipinski definition) is 6. The molecule has 2 unspecified atom stereocenters. The van der Waals surface area contributed by atoms with Gasteiger partial charge in [0, 0.05) is 12.1 Å². The van der Waals surface area contributed by atoms with Gasteiger partial charge in [-0.2, -0.15) is 0 Å². The number of carbonyl (C=O) groups excluding carboxylic acids is 2. The van der Waals surface area contributed by atoms with Crippen LogP contribution in [0.5, 0.6) is 0 Å². The Morgan fingerprint density at radius 2 is 2.00 bits per heavy atom. The van der Waals surface area contributed by atoms with Crippen LogP contribution < -0.4 is 5.43 Å². The van der Waals surface area contributed by atoms with Gasteiger partial charge in [0.25, 0.3) is 11.6 Å². The average molecular weight is 432 g/mol. The van der Waals surface area contributed by atoms with Crippen LogP contribution in [0, 0.1) is 10.1 Å². The number of rotatable bonds is 6. The molecular weight excluding hydrogens is 418 g/mol. The minimum atomic E-state index is -0.847. The number of β-lactam (4-membered cyclic amide) rings is 1. The van der Waals surface area contributed by atoms with E-state index in [0.717, 1.165) is 16.0 Å². The Morgan fingerprint density at radius 1 is 1.28 bits per heavy atom. The van der Waals surface area contributed by atoms with E-state index >= 15 is 0 Å². The molecule has 2 heterocycles. The molecule has 2 amide bonds. The maximum Gasteiger partial charge on any atom is 0.269 e. The molecule has 2 aromatic carbocycles. The molecule has 1 saturated heterocycles. The number of non-ortho nitro benzene ring substituents is 1. The van der Waals surface area contributed by atoms with Gasteiger partial charge in [-0.3, -0.25) is 25.1 Å². The lowest BCUT2D eigenvalue weighted by atomic mass is 9.95. The van der Waals surface area contributed by atoms with E-state index in [0.29, 0.717) is 10.7 Å².